The number of carbonyl (C=O) groups excluding carboxylic acids is 2. The zero-order valence-electron chi connectivity index (χ0n) is 18.6. The first-order chi connectivity index (χ1) is 16.6. The lowest BCUT2D eigenvalue weighted by atomic mass is 10.0. The lowest BCUT2D eigenvalue weighted by molar-refractivity contribution is -0.136. The van der Waals surface area contributed by atoms with E-state index in [9.17, 15) is 27.6 Å². The quantitative estimate of drug-likeness (QED) is 0.361. The lowest BCUT2D eigenvalue weighted by Crippen LogP contribution is -2.46. The minimum atomic E-state index is -1.30. The number of hydrogen-bond donors (Lipinski definition) is 4. The number of nitrogens with zero attached hydrogens (tertiary/aromatic N) is 1. The Morgan fingerprint density at radius 1 is 1.11 bits per heavy atom. The second-order valence-corrected chi connectivity index (χ2v) is 9.19. The van der Waals surface area contributed by atoms with Crippen molar-refractivity contribution in [2.45, 2.75) is 30.8 Å². The number of benzene rings is 2. The largest absolute Gasteiger partial charge is 0.480 e. The summed E-state index contributed by atoms with van der Waals surface area (Å²) in [5.41, 5.74) is 7.25. The Labute approximate surface area is 204 Å². The molecular formula is C23H25F3N4O4S. The van der Waals surface area contributed by atoms with Crippen LogP contribution in [0.1, 0.15) is 17.5 Å². The summed E-state index contributed by atoms with van der Waals surface area (Å²) in [4.78, 5) is 37.5. The highest BCUT2D eigenvalue weighted by atomic mass is 32.2. The van der Waals surface area contributed by atoms with Crippen molar-refractivity contribution in [1.82, 2.24) is 10.2 Å². The molecule has 0 aromatic heterocycles. The van der Waals surface area contributed by atoms with Crippen molar-refractivity contribution in [3.63, 3.8) is 0 Å². The fourth-order valence-corrected chi connectivity index (χ4v) is 4.72. The predicted octanol–water partition coefficient (Wildman–Crippen LogP) is 2.08. The van der Waals surface area contributed by atoms with E-state index in [1.165, 1.54) is 16.7 Å². The highest BCUT2D eigenvalue weighted by molar-refractivity contribution is 8.00. The molecule has 8 nitrogen and oxygen atoms in total. The van der Waals surface area contributed by atoms with Crippen LogP contribution in [0.15, 0.2) is 36.4 Å². The Balaban J connectivity index is 1.51. The van der Waals surface area contributed by atoms with Crippen LogP contribution in [0.5, 0.6) is 0 Å². The highest BCUT2D eigenvalue weighted by Gasteiger charge is 2.35. The van der Waals surface area contributed by atoms with Crippen molar-refractivity contribution >= 4 is 35.2 Å². The third-order valence-electron chi connectivity index (χ3n) is 5.31. The van der Waals surface area contributed by atoms with Crippen molar-refractivity contribution in [1.29, 1.82) is 0 Å². The van der Waals surface area contributed by atoms with Crippen LogP contribution in [-0.2, 0) is 27.3 Å². The number of anilines is 1. The molecule has 35 heavy (non-hydrogen) atoms. The molecule has 1 aliphatic heterocycles. The maximum atomic E-state index is 13.9. The summed E-state index contributed by atoms with van der Waals surface area (Å²) in [7, 11) is 0. The molecule has 1 saturated heterocycles. The third-order valence-corrected chi connectivity index (χ3v) is 6.51. The Hall–Kier alpha value is -3.25. The SMILES string of the molecule is N[C@@H](CC(=O)N1CCS[C@@H]1C(=O)NCc1ccc(NCC(=O)O)cc1)Cc1cc(F)c(F)cc1F. The van der Waals surface area contributed by atoms with E-state index in [4.69, 9.17) is 10.8 Å². The molecule has 1 heterocycles. The second kappa shape index (κ2) is 11.9. The van der Waals surface area contributed by atoms with Gasteiger partial charge in [-0.15, -0.1) is 11.8 Å². The Morgan fingerprint density at radius 2 is 1.80 bits per heavy atom. The normalized spacial score (nSPS) is 16.1. The standard InChI is InChI=1S/C23H25F3N4O4S/c24-17-10-19(26)18(25)8-14(17)7-15(27)9-20(31)30-5-6-35-23(30)22(34)29-11-13-1-3-16(4-2-13)28-12-21(32)33/h1-4,8,10,15,23,28H,5-7,9,11-12,27H2,(H,29,34)(H,32,33)/t15-,23-/m1/s1. The average molecular weight is 511 g/mol. The van der Waals surface area contributed by atoms with Gasteiger partial charge in [-0.3, -0.25) is 14.4 Å². The van der Waals surface area contributed by atoms with Gasteiger partial charge in [0.1, 0.15) is 12.4 Å². The molecule has 0 radical (unpaired) electrons. The second-order valence-electron chi connectivity index (χ2n) is 8.00. The van der Waals surface area contributed by atoms with Gasteiger partial charge in [-0.1, -0.05) is 12.1 Å². The number of aliphatic carboxylic acids is 1. The van der Waals surface area contributed by atoms with Crippen molar-refractivity contribution in [3.05, 3.63) is 65.0 Å². The van der Waals surface area contributed by atoms with Crippen LogP contribution in [0.4, 0.5) is 18.9 Å². The van der Waals surface area contributed by atoms with Crippen LogP contribution in [0.25, 0.3) is 0 Å². The number of carboxylic acids is 1. The molecule has 2 amide bonds. The number of hydrogen-bond acceptors (Lipinski definition) is 6. The first kappa shape index (κ1) is 26.4. The number of carboxylic acid groups (broad SMARTS) is 1. The van der Waals surface area contributed by atoms with Crippen LogP contribution in [0.3, 0.4) is 0 Å². The summed E-state index contributed by atoms with van der Waals surface area (Å²) in [6.07, 6.45) is -0.350. The zero-order valence-corrected chi connectivity index (χ0v) is 19.4. The van der Waals surface area contributed by atoms with Gasteiger partial charge in [0.2, 0.25) is 5.91 Å². The van der Waals surface area contributed by atoms with E-state index in [0.717, 1.165) is 11.6 Å². The molecule has 2 atom stereocenters. The van der Waals surface area contributed by atoms with E-state index >= 15 is 0 Å². The first-order valence-electron chi connectivity index (χ1n) is 10.8. The third kappa shape index (κ3) is 7.36. The van der Waals surface area contributed by atoms with E-state index in [-0.39, 0.29) is 43.3 Å². The molecule has 0 unspecified atom stereocenters. The van der Waals surface area contributed by atoms with Crippen molar-refractivity contribution in [3.8, 4) is 0 Å². The molecule has 0 aliphatic carbocycles. The monoisotopic (exact) mass is 510 g/mol. The van der Waals surface area contributed by atoms with Gasteiger partial charge in [0.05, 0.1) is 0 Å². The van der Waals surface area contributed by atoms with Gasteiger partial charge in [-0.25, -0.2) is 13.2 Å². The minimum Gasteiger partial charge on any atom is -0.480 e. The van der Waals surface area contributed by atoms with Crippen LogP contribution >= 0.6 is 11.8 Å². The van der Waals surface area contributed by atoms with E-state index in [2.05, 4.69) is 10.6 Å². The summed E-state index contributed by atoms with van der Waals surface area (Å²) in [6, 6.07) is 7.20. The molecule has 0 saturated carbocycles. The fraction of sp³-hybridized carbons (Fsp3) is 0.348. The van der Waals surface area contributed by atoms with E-state index in [0.29, 0.717) is 24.1 Å². The average Bonchev–Trinajstić information content (AvgIpc) is 3.30. The predicted molar refractivity (Wildman–Crippen MR) is 125 cm³/mol. The molecule has 2 aromatic rings. The summed E-state index contributed by atoms with van der Waals surface area (Å²) in [5.74, 6) is -4.60. The van der Waals surface area contributed by atoms with Gasteiger partial charge in [-0.2, -0.15) is 0 Å². The minimum absolute atomic E-state index is 0.126. The molecule has 2 aromatic carbocycles. The number of halogens is 3. The van der Waals surface area contributed by atoms with Crippen LogP contribution in [0.2, 0.25) is 0 Å². The van der Waals surface area contributed by atoms with E-state index < -0.39 is 34.8 Å². The van der Waals surface area contributed by atoms with Gasteiger partial charge >= 0.3 is 5.97 Å². The van der Waals surface area contributed by atoms with Crippen LogP contribution in [0, 0.1) is 17.5 Å². The van der Waals surface area contributed by atoms with Crippen molar-refractivity contribution in [2.24, 2.45) is 5.73 Å². The van der Waals surface area contributed by atoms with Gasteiger partial charge in [0, 0.05) is 43.1 Å². The van der Waals surface area contributed by atoms with Crippen molar-refractivity contribution < 1.29 is 32.7 Å². The van der Waals surface area contributed by atoms with Crippen molar-refractivity contribution in [2.75, 3.05) is 24.2 Å². The molecule has 1 fully saturated rings. The number of carbonyl (C=O) groups is 3. The lowest BCUT2D eigenvalue weighted by Gasteiger charge is -2.24. The van der Waals surface area contributed by atoms with Gasteiger partial charge < -0.3 is 26.4 Å². The Bertz CT molecular complexity index is 1090. The van der Waals surface area contributed by atoms with Crippen LogP contribution in [-0.4, -0.2) is 58.0 Å². The summed E-state index contributed by atoms with van der Waals surface area (Å²) in [5, 5.41) is 13.5. The smallest absolute Gasteiger partial charge is 0.322 e. The number of nitrogens with two attached hydrogens (primary N) is 1. The number of nitrogens with one attached hydrogen (secondary N) is 2. The molecule has 5 N–H and O–H groups in total. The Kier molecular flexibility index (Phi) is 8.99. The molecular weight excluding hydrogens is 485 g/mol. The number of rotatable bonds is 10. The Morgan fingerprint density at radius 3 is 2.49 bits per heavy atom. The molecule has 3 rings (SSSR count). The van der Waals surface area contributed by atoms with Gasteiger partial charge in [-0.05, 0) is 35.7 Å². The van der Waals surface area contributed by atoms with E-state index in [1.807, 2.05) is 0 Å². The number of thioether (sulfide) groups is 1. The topological polar surface area (TPSA) is 125 Å². The molecule has 12 heteroatoms. The molecule has 0 spiro atoms. The maximum absolute atomic E-state index is 13.9. The van der Waals surface area contributed by atoms with Gasteiger partial charge in [0.15, 0.2) is 17.0 Å². The number of amides is 2. The summed E-state index contributed by atoms with van der Waals surface area (Å²) < 4.78 is 40.4. The molecule has 188 valence electrons. The first-order valence-corrected chi connectivity index (χ1v) is 11.8. The maximum Gasteiger partial charge on any atom is 0.322 e. The summed E-state index contributed by atoms with van der Waals surface area (Å²) >= 11 is 1.31. The fourth-order valence-electron chi connectivity index (χ4n) is 3.55. The molecule has 1 aliphatic rings. The van der Waals surface area contributed by atoms with E-state index in [1.54, 1.807) is 24.3 Å². The van der Waals surface area contributed by atoms with Gasteiger partial charge in [0.25, 0.3) is 5.91 Å². The summed E-state index contributed by atoms with van der Waals surface area (Å²) in [6.45, 7) is 0.349. The van der Waals surface area contributed by atoms with Crippen LogP contribution < -0.4 is 16.4 Å². The highest BCUT2D eigenvalue weighted by Crippen LogP contribution is 2.25. The molecule has 0 bridgehead atoms. The zero-order chi connectivity index (χ0) is 25.5.